The maximum atomic E-state index is 4.72. The first-order valence-electron chi connectivity index (χ1n) is 10.4. The summed E-state index contributed by atoms with van der Waals surface area (Å²) in [6.07, 6.45) is 4.99. The third-order valence-electron chi connectivity index (χ3n) is 6.32. The number of benzene rings is 1. The molecule has 0 amide bonds. The second-order valence-corrected chi connectivity index (χ2v) is 8.33. The molecule has 28 heavy (non-hydrogen) atoms. The van der Waals surface area contributed by atoms with Gasteiger partial charge in [-0.25, -0.2) is 4.98 Å². The topological polar surface area (TPSA) is 49.6 Å². The van der Waals surface area contributed by atoms with Gasteiger partial charge in [0.25, 0.3) is 5.78 Å². The van der Waals surface area contributed by atoms with Gasteiger partial charge in [0.15, 0.2) is 0 Å². The van der Waals surface area contributed by atoms with Crippen LogP contribution >= 0.6 is 0 Å². The monoisotopic (exact) mass is 376 g/mol. The highest BCUT2D eigenvalue weighted by Gasteiger charge is 2.27. The predicted molar refractivity (Wildman–Crippen MR) is 111 cm³/mol. The maximum absolute atomic E-state index is 4.72. The molecule has 0 N–H and O–H groups in total. The van der Waals surface area contributed by atoms with Gasteiger partial charge in [0, 0.05) is 38.3 Å². The van der Waals surface area contributed by atoms with Crippen LogP contribution in [0.5, 0.6) is 0 Å². The summed E-state index contributed by atoms with van der Waals surface area (Å²) >= 11 is 0. The van der Waals surface area contributed by atoms with Gasteiger partial charge in [0.1, 0.15) is 12.1 Å². The fourth-order valence-electron chi connectivity index (χ4n) is 4.93. The quantitative estimate of drug-likeness (QED) is 0.704. The Balaban J connectivity index is 1.36. The van der Waals surface area contributed by atoms with E-state index in [4.69, 9.17) is 4.98 Å². The number of aromatic nitrogens is 4. The molecule has 1 saturated heterocycles. The molecule has 5 rings (SSSR count). The molecule has 1 aliphatic heterocycles. The molecule has 146 valence electrons. The van der Waals surface area contributed by atoms with E-state index < -0.39 is 0 Å². The summed E-state index contributed by atoms with van der Waals surface area (Å²) in [5.74, 6) is 1.97. The van der Waals surface area contributed by atoms with Crippen LogP contribution in [-0.2, 0) is 19.4 Å². The number of aryl methyl sites for hydroxylation is 4. The first kappa shape index (κ1) is 17.6. The van der Waals surface area contributed by atoms with Crippen LogP contribution in [0.4, 0.5) is 5.82 Å². The van der Waals surface area contributed by atoms with E-state index in [1.54, 1.807) is 6.33 Å². The fourth-order valence-corrected chi connectivity index (χ4v) is 4.93. The molecular weight excluding hydrogens is 348 g/mol. The Morgan fingerprint density at radius 3 is 2.46 bits per heavy atom. The lowest BCUT2D eigenvalue weighted by molar-refractivity contribution is 0.248. The normalized spacial score (nSPS) is 17.5. The number of hydrogen-bond donors (Lipinski definition) is 0. The third-order valence-corrected chi connectivity index (χ3v) is 6.32. The Labute approximate surface area is 166 Å². The van der Waals surface area contributed by atoms with Gasteiger partial charge in [0.2, 0.25) is 0 Å². The maximum Gasteiger partial charge on any atom is 0.254 e. The number of rotatable bonds is 3. The molecule has 6 nitrogen and oxygen atoms in total. The van der Waals surface area contributed by atoms with Gasteiger partial charge in [0.05, 0.1) is 5.69 Å². The van der Waals surface area contributed by atoms with Crippen LogP contribution in [0, 0.1) is 20.8 Å². The molecular formula is C22H28N6. The van der Waals surface area contributed by atoms with Gasteiger partial charge in [-0.2, -0.15) is 14.6 Å². The van der Waals surface area contributed by atoms with Crippen LogP contribution in [0.2, 0.25) is 0 Å². The van der Waals surface area contributed by atoms with Gasteiger partial charge in [-0.1, -0.05) is 17.7 Å². The Bertz CT molecular complexity index is 1010. The van der Waals surface area contributed by atoms with E-state index in [0.717, 1.165) is 51.3 Å². The van der Waals surface area contributed by atoms with Gasteiger partial charge >= 0.3 is 0 Å². The minimum absolute atomic E-state index is 0.740. The molecule has 3 heterocycles. The summed E-state index contributed by atoms with van der Waals surface area (Å²) in [5, 5.41) is 4.48. The Hall–Kier alpha value is -2.47. The van der Waals surface area contributed by atoms with E-state index >= 15 is 0 Å². The highest BCUT2D eigenvalue weighted by atomic mass is 15.4. The number of fused-ring (bicyclic) bond motifs is 2. The molecule has 0 unspecified atom stereocenters. The summed E-state index contributed by atoms with van der Waals surface area (Å²) in [7, 11) is 0. The van der Waals surface area contributed by atoms with Crippen molar-refractivity contribution < 1.29 is 0 Å². The average Bonchev–Trinajstić information content (AvgIpc) is 3.32. The van der Waals surface area contributed by atoms with Crippen LogP contribution in [0.25, 0.3) is 5.78 Å². The first-order chi connectivity index (χ1) is 13.6. The van der Waals surface area contributed by atoms with E-state index in [1.807, 2.05) is 4.52 Å². The fraction of sp³-hybridized carbons (Fsp3) is 0.500. The molecule has 1 fully saturated rings. The Morgan fingerprint density at radius 1 is 0.964 bits per heavy atom. The summed E-state index contributed by atoms with van der Waals surface area (Å²) in [4.78, 5) is 14.2. The van der Waals surface area contributed by atoms with Crippen LogP contribution in [-0.4, -0.2) is 50.7 Å². The molecule has 0 atom stereocenters. The molecule has 0 saturated carbocycles. The van der Waals surface area contributed by atoms with Crippen molar-refractivity contribution in [1.82, 2.24) is 24.5 Å². The molecule has 6 heteroatoms. The number of hydrogen-bond acceptors (Lipinski definition) is 5. The second kappa shape index (κ2) is 6.85. The molecule has 0 radical (unpaired) electrons. The molecule has 2 aliphatic rings. The van der Waals surface area contributed by atoms with E-state index in [2.05, 4.69) is 52.8 Å². The minimum Gasteiger partial charge on any atom is -0.354 e. The zero-order chi connectivity index (χ0) is 19.3. The lowest BCUT2D eigenvalue weighted by atomic mass is 9.99. The number of piperazine rings is 1. The summed E-state index contributed by atoms with van der Waals surface area (Å²) in [5.41, 5.74) is 8.28. The smallest absolute Gasteiger partial charge is 0.254 e. The van der Waals surface area contributed by atoms with E-state index in [-0.39, 0.29) is 0 Å². The lowest BCUT2D eigenvalue weighted by Crippen LogP contribution is -2.47. The standard InChI is InChI=1S/C22H28N6/c1-15-11-16(2)19(17(3)12-15)13-26-7-9-27(10-8-26)21-18-5-4-6-20(18)25-22-23-14-24-28(21)22/h11-12,14H,4-10,13H2,1-3H3. The van der Waals surface area contributed by atoms with Gasteiger partial charge < -0.3 is 4.90 Å². The molecule has 0 bridgehead atoms. The zero-order valence-corrected chi connectivity index (χ0v) is 17.1. The first-order valence-corrected chi connectivity index (χ1v) is 10.4. The Kier molecular flexibility index (Phi) is 4.31. The van der Waals surface area contributed by atoms with Crippen molar-refractivity contribution in [2.45, 2.75) is 46.6 Å². The largest absolute Gasteiger partial charge is 0.354 e. The highest BCUT2D eigenvalue weighted by Crippen LogP contribution is 2.31. The van der Waals surface area contributed by atoms with Crippen molar-refractivity contribution in [2.75, 3.05) is 31.1 Å². The van der Waals surface area contributed by atoms with Gasteiger partial charge in [-0.15, -0.1) is 0 Å². The summed E-state index contributed by atoms with van der Waals surface area (Å²) in [6, 6.07) is 4.61. The van der Waals surface area contributed by atoms with Crippen molar-refractivity contribution in [3.63, 3.8) is 0 Å². The van der Waals surface area contributed by atoms with Crippen molar-refractivity contribution in [2.24, 2.45) is 0 Å². The minimum atomic E-state index is 0.740. The predicted octanol–water partition coefficient (Wildman–Crippen LogP) is 2.86. The van der Waals surface area contributed by atoms with E-state index in [1.165, 1.54) is 45.7 Å². The molecule has 1 aromatic carbocycles. The highest BCUT2D eigenvalue weighted by molar-refractivity contribution is 5.56. The number of anilines is 1. The zero-order valence-electron chi connectivity index (χ0n) is 17.1. The molecule has 0 spiro atoms. The van der Waals surface area contributed by atoms with E-state index in [0.29, 0.717) is 0 Å². The van der Waals surface area contributed by atoms with Crippen molar-refractivity contribution >= 4 is 11.6 Å². The SMILES string of the molecule is Cc1cc(C)c(CN2CCN(c3c4c(nc5ncnn35)CCC4)CC2)c(C)c1. The van der Waals surface area contributed by atoms with Crippen LogP contribution in [0.1, 0.15) is 39.9 Å². The number of nitrogens with zero attached hydrogens (tertiary/aromatic N) is 6. The van der Waals surface area contributed by atoms with Crippen LogP contribution < -0.4 is 4.90 Å². The van der Waals surface area contributed by atoms with Crippen molar-refractivity contribution in [3.05, 3.63) is 52.0 Å². The molecule has 2 aromatic heterocycles. The van der Waals surface area contributed by atoms with Crippen molar-refractivity contribution in [1.29, 1.82) is 0 Å². The lowest BCUT2D eigenvalue weighted by Gasteiger charge is -2.37. The molecule has 1 aliphatic carbocycles. The van der Waals surface area contributed by atoms with Crippen molar-refractivity contribution in [3.8, 4) is 0 Å². The van der Waals surface area contributed by atoms with E-state index in [9.17, 15) is 0 Å². The summed E-state index contributed by atoms with van der Waals surface area (Å²) < 4.78 is 1.95. The van der Waals surface area contributed by atoms with Crippen LogP contribution in [0.15, 0.2) is 18.5 Å². The molecule has 3 aromatic rings. The average molecular weight is 377 g/mol. The van der Waals surface area contributed by atoms with Gasteiger partial charge in [-0.05, 0) is 56.7 Å². The second-order valence-electron chi connectivity index (χ2n) is 8.33. The van der Waals surface area contributed by atoms with Gasteiger partial charge in [-0.3, -0.25) is 4.90 Å². The summed E-state index contributed by atoms with van der Waals surface area (Å²) in [6.45, 7) is 11.9. The third kappa shape index (κ3) is 2.96. The Morgan fingerprint density at radius 2 is 1.71 bits per heavy atom. The van der Waals surface area contributed by atoms with Crippen LogP contribution in [0.3, 0.4) is 0 Å².